The third-order valence-corrected chi connectivity index (χ3v) is 3.38. The first-order chi connectivity index (χ1) is 10.2. The van der Waals surface area contributed by atoms with E-state index in [0.29, 0.717) is 13.1 Å². The van der Waals surface area contributed by atoms with Crippen LogP contribution in [0.15, 0.2) is 36.9 Å². The maximum Gasteiger partial charge on any atom is 0.238 e. The molecule has 0 radical (unpaired) electrons. The first-order valence-corrected chi connectivity index (χ1v) is 7.21. The third kappa shape index (κ3) is 4.88. The number of morpholine rings is 1. The third-order valence-electron chi connectivity index (χ3n) is 3.38. The van der Waals surface area contributed by atoms with Gasteiger partial charge in [-0.05, 0) is 31.3 Å². The number of anilines is 2. The van der Waals surface area contributed by atoms with Crippen LogP contribution in [-0.2, 0) is 9.53 Å². The molecule has 0 unspecified atom stereocenters. The molecule has 1 amide bonds. The second kappa shape index (κ2) is 7.81. The molecule has 1 aliphatic heterocycles. The van der Waals surface area contributed by atoms with Gasteiger partial charge in [0.15, 0.2) is 0 Å². The Kier molecular flexibility index (Phi) is 5.78. The minimum Gasteiger partial charge on any atom is -0.378 e. The van der Waals surface area contributed by atoms with Crippen molar-refractivity contribution in [1.82, 2.24) is 4.90 Å². The first kappa shape index (κ1) is 15.5. The van der Waals surface area contributed by atoms with Crippen LogP contribution in [-0.4, -0.2) is 57.2 Å². The van der Waals surface area contributed by atoms with Crippen molar-refractivity contribution in [2.24, 2.45) is 0 Å². The number of benzene rings is 1. The van der Waals surface area contributed by atoms with Crippen molar-refractivity contribution in [3.8, 4) is 0 Å². The van der Waals surface area contributed by atoms with Gasteiger partial charge in [-0.3, -0.25) is 9.69 Å². The second-order valence-corrected chi connectivity index (χ2v) is 5.18. The summed E-state index contributed by atoms with van der Waals surface area (Å²) in [4.78, 5) is 16.1. The number of carbonyl (C=O) groups excluding carboxylic acids is 1. The highest BCUT2D eigenvalue weighted by Gasteiger charge is 2.11. The highest BCUT2D eigenvalue weighted by atomic mass is 16.5. The number of nitrogens with one attached hydrogen (secondary N) is 1. The number of rotatable bonds is 6. The van der Waals surface area contributed by atoms with E-state index in [1.807, 2.05) is 36.2 Å². The van der Waals surface area contributed by atoms with Crippen LogP contribution in [0.4, 0.5) is 11.4 Å². The highest BCUT2D eigenvalue weighted by Crippen LogP contribution is 2.18. The standard InChI is InChI=1S/C16H23N3O2/c1-3-8-18(2)13-16(20)17-14-4-6-15(7-5-14)19-9-11-21-12-10-19/h3-7H,1,8-13H2,2H3,(H,17,20). The lowest BCUT2D eigenvalue weighted by atomic mass is 10.2. The Morgan fingerprint density at radius 2 is 2.05 bits per heavy atom. The molecule has 114 valence electrons. The van der Waals surface area contributed by atoms with E-state index in [4.69, 9.17) is 4.74 Å². The smallest absolute Gasteiger partial charge is 0.238 e. The lowest BCUT2D eigenvalue weighted by molar-refractivity contribution is -0.116. The van der Waals surface area contributed by atoms with Gasteiger partial charge >= 0.3 is 0 Å². The Morgan fingerprint density at radius 1 is 1.38 bits per heavy atom. The van der Waals surface area contributed by atoms with Crippen molar-refractivity contribution >= 4 is 17.3 Å². The van der Waals surface area contributed by atoms with E-state index >= 15 is 0 Å². The number of ether oxygens (including phenoxy) is 1. The lowest BCUT2D eigenvalue weighted by Gasteiger charge is -2.28. The van der Waals surface area contributed by atoms with E-state index in [9.17, 15) is 4.79 Å². The summed E-state index contributed by atoms with van der Waals surface area (Å²) in [6.07, 6.45) is 1.78. The Balaban J connectivity index is 1.86. The molecule has 0 saturated carbocycles. The Bertz CT molecular complexity index is 467. The molecule has 0 bridgehead atoms. The molecule has 1 aliphatic rings. The van der Waals surface area contributed by atoms with Crippen LogP contribution in [0.1, 0.15) is 0 Å². The van der Waals surface area contributed by atoms with Gasteiger partial charge < -0.3 is 15.0 Å². The second-order valence-electron chi connectivity index (χ2n) is 5.18. The Morgan fingerprint density at radius 3 is 2.67 bits per heavy atom. The van der Waals surface area contributed by atoms with Gasteiger partial charge in [0.2, 0.25) is 5.91 Å². The summed E-state index contributed by atoms with van der Waals surface area (Å²) in [5.74, 6) is -0.0153. The van der Waals surface area contributed by atoms with E-state index in [1.165, 1.54) is 5.69 Å². The molecule has 21 heavy (non-hydrogen) atoms. The van der Waals surface area contributed by atoms with Crippen LogP contribution < -0.4 is 10.2 Å². The van der Waals surface area contributed by atoms with Gasteiger partial charge in [-0.2, -0.15) is 0 Å². The van der Waals surface area contributed by atoms with Gasteiger partial charge in [0.1, 0.15) is 0 Å². The van der Waals surface area contributed by atoms with Crippen molar-refractivity contribution in [2.45, 2.75) is 0 Å². The fraction of sp³-hybridized carbons (Fsp3) is 0.438. The quantitative estimate of drug-likeness (QED) is 0.808. The Labute approximate surface area is 126 Å². The van der Waals surface area contributed by atoms with Crippen molar-refractivity contribution in [3.63, 3.8) is 0 Å². The summed E-state index contributed by atoms with van der Waals surface area (Å²) in [7, 11) is 1.89. The fourth-order valence-corrected chi connectivity index (χ4v) is 2.31. The maximum absolute atomic E-state index is 11.9. The van der Waals surface area contributed by atoms with Gasteiger partial charge in [-0.25, -0.2) is 0 Å². The predicted octanol–water partition coefficient (Wildman–Crippen LogP) is 1.58. The zero-order valence-electron chi connectivity index (χ0n) is 12.5. The van der Waals surface area contributed by atoms with E-state index in [-0.39, 0.29) is 5.91 Å². The largest absolute Gasteiger partial charge is 0.378 e. The molecule has 1 saturated heterocycles. The average Bonchev–Trinajstić information content (AvgIpc) is 2.49. The summed E-state index contributed by atoms with van der Waals surface area (Å²) in [5, 5.41) is 2.90. The van der Waals surface area contributed by atoms with Crippen LogP contribution in [0.3, 0.4) is 0 Å². The molecular weight excluding hydrogens is 266 g/mol. The van der Waals surface area contributed by atoms with Crippen LogP contribution in [0.25, 0.3) is 0 Å². The van der Waals surface area contributed by atoms with E-state index in [1.54, 1.807) is 6.08 Å². The van der Waals surface area contributed by atoms with Gasteiger partial charge in [0.25, 0.3) is 0 Å². The van der Waals surface area contributed by atoms with Crippen molar-refractivity contribution in [3.05, 3.63) is 36.9 Å². The summed E-state index contributed by atoms with van der Waals surface area (Å²) in [5.41, 5.74) is 1.99. The molecule has 0 spiro atoms. The van der Waals surface area contributed by atoms with Crippen LogP contribution in [0, 0.1) is 0 Å². The molecule has 0 aromatic heterocycles. The zero-order valence-corrected chi connectivity index (χ0v) is 12.5. The molecular formula is C16H23N3O2. The van der Waals surface area contributed by atoms with E-state index < -0.39 is 0 Å². The molecule has 0 aliphatic carbocycles. The minimum absolute atomic E-state index is 0.0153. The predicted molar refractivity (Wildman–Crippen MR) is 85.8 cm³/mol. The van der Waals surface area contributed by atoms with Crippen LogP contribution in [0.5, 0.6) is 0 Å². The van der Waals surface area contributed by atoms with Crippen molar-refractivity contribution in [1.29, 1.82) is 0 Å². The molecule has 5 heteroatoms. The molecule has 2 rings (SSSR count). The highest BCUT2D eigenvalue weighted by molar-refractivity contribution is 5.92. The molecule has 1 fully saturated rings. The topological polar surface area (TPSA) is 44.8 Å². The number of nitrogens with zero attached hydrogens (tertiary/aromatic N) is 2. The molecule has 1 N–H and O–H groups in total. The van der Waals surface area contributed by atoms with Crippen molar-refractivity contribution in [2.75, 3.05) is 56.7 Å². The number of hydrogen-bond donors (Lipinski definition) is 1. The summed E-state index contributed by atoms with van der Waals surface area (Å²) in [6, 6.07) is 7.95. The molecule has 1 heterocycles. The zero-order chi connectivity index (χ0) is 15.1. The fourth-order valence-electron chi connectivity index (χ4n) is 2.31. The van der Waals surface area contributed by atoms with Gasteiger partial charge in [0, 0.05) is 31.0 Å². The summed E-state index contributed by atoms with van der Waals surface area (Å²) >= 11 is 0. The molecule has 0 atom stereocenters. The Hall–Kier alpha value is -1.85. The van der Waals surface area contributed by atoms with Crippen LogP contribution in [0.2, 0.25) is 0 Å². The molecule has 1 aromatic carbocycles. The minimum atomic E-state index is -0.0153. The van der Waals surface area contributed by atoms with Crippen molar-refractivity contribution < 1.29 is 9.53 Å². The first-order valence-electron chi connectivity index (χ1n) is 7.21. The monoisotopic (exact) mass is 289 g/mol. The molecule has 5 nitrogen and oxygen atoms in total. The lowest BCUT2D eigenvalue weighted by Crippen LogP contribution is -2.36. The maximum atomic E-state index is 11.9. The average molecular weight is 289 g/mol. The number of amides is 1. The summed E-state index contributed by atoms with van der Waals surface area (Å²) < 4.78 is 5.34. The SMILES string of the molecule is C=CCN(C)CC(=O)Nc1ccc(N2CCOCC2)cc1. The van der Waals surface area contributed by atoms with Gasteiger partial charge in [0.05, 0.1) is 19.8 Å². The van der Waals surface area contributed by atoms with E-state index in [0.717, 1.165) is 32.0 Å². The van der Waals surface area contributed by atoms with Gasteiger partial charge in [-0.15, -0.1) is 6.58 Å². The van der Waals surface area contributed by atoms with E-state index in [2.05, 4.69) is 16.8 Å². The number of carbonyl (C=O) groups is 1. The number of likely N-dealkylation sites (N-methyl/N-ethyl adjacent to an activating group) is 1. The normalized spacial score (nSPS) is 15.0. The molecule has 1 aromatic rings. The van der Waals surface area contributed by atoms with Crippen LogP contribution >= 0.6 is 0 Å². The summed E-state index contributed by atoms with van der Waals surface area (Å²) in [6.45, 7) is 8.09. The number of hydrogen-bond acceptors (Lipinski definition) is 4. The van der Waals surface area contributed by atoms with Gasteiger partial charge in [-0.1, -0.05) is 6.08 Å².